The lowest BCUT2D eigenvalue weighted by atomic mass is 9.99. The molecule has 4 aromatic rings. The highest BCUT2D eigenvalue weighted by Crippen LogP contribution is 2.41. The standard InChI is InChI=1S/C16H16N10O4S2/c17-16-21-12-9(3-4-20-15(12)22-16)8-1-2-10(31(27,28)7-5-19-6-7)13(32(18,29)30)11(8)14-23-25-26-24-14/h1-4,7,19H,5-6H2,(H2,18,29,30)(H3,17,20,21,22)(H,23,24,25,26). The quantitative estimate of drug-likeness (QED) is 0.229. The van der Waals surface area contributed by atoms with Crippen molar-refractivity contribution in [2.75, 3.05) is 18.8 Å². The number of nitrogens with two attached hydrogens (primary N) is 2. The molecule has 0 radical (unpaired) electrons. The van der Waals surface area contributed by atoms with E-state index in [0.717, 1.165) is 0 Å². The summed E-state index contributed by atoms with van der Waals surface area (Å²) in [7, 11) is -8.57. The summed E-state index contributed by atoms with van der Waals surface area (Å²) in [5.74, 6) is 0.0245. The minimum atomic E-state index is -4.55. The molecule has 14 nitrogen and oxygen atoms in total. The zero-order valence-corrected chi connectivity index (χ0v) is 17.8. The number of imidazole rings is 1. The number of aromatic nitrogens is 7. The zero-order valence-electron chi connectivity index (χ0n) is 16.1. The molecule has 7 N–H and O–H groups in total. The number of rotatable bonds is 5. The zero-order chi connectivity index (χ0) is 22.7. The molecule has 0 aliphatic carbocycles. The number of fused-ring (bicyclic) bond motifs is 1. The molecule has 1 aliphatic rings. The maximum atomic E-state index is 13.2. The van der Waals surface area contributed by atoms with Gasteiger partial charge in [0.15, 0.2) is 27.3 Å². The van der Waals surface area contributed by atoms with E-state index in [0.29, 0.717) is 11.1 Å². The summed E-state index contributed by atoms with van der Waals surface area (Å²) in [6, 6.07) is 4.29. The van der Waals surface area contributed by atoms with Crippen molar-refractivity contribution in [2.24, 2.45) is 5.14 Å². The van der Waals surface area contributed by atoms with E-state index >= 15 is 0 Å². The van der Waals surface area contributed by atoms with Crippen LogP contribution >= 0.6 is 0 Å². The first-order valence-electron chi connectivity index (χ1n) is 9.17. The van der Waals surface area contributed by atoms with Gasteiger partial charge in [0.2, 0.25) is 10.0 Å². The molecule has 0 atom stereocenters. The summed E-state index contributed by atoms with van der Waals surface area (Å²) in [5, 5.41) is 21.0. The van der Waals surface area contributed by atoms with Gasteiger partial charge in [0.05, 0.1) is 15.7 Å². The van der Waals surface area contributed by atoms with Crippen LogP contribution in [0.2, 0.25) is 0 Å². The lowest BCUT2D eigenvalue weighted by Gasteiger charge is -2.28. The van der Waals surface area contributed by atoms with Crippen LogP contribution in [0.25, 0.3) is 33.7 Å². The molecule has 3 aromatic heterocycles. The molecule has 1 aromatic carbocycles. The molecule has 16 heteroatoms. The van der Waals surface area contributed by atoms with Crippen molar-refractivity contribution in [3.63, 3.8) is 0 Å². The maximum Gasteiger partial charge on any atom is 0.240 e. The summed E-state index contributed by atoms with van der Waals surface area (Å²) in [4.78, 5) is 10.1. The van der Waals surface area contributed by atoms with Crippen LogP contribution in [-0.2, 0) is 19.9 Å². The van der Waals surface area contributed by atoms with Crippen LogP contribution in [0.15, 0.2) is 34.2 Å². The van der Waals surface area contributed by atoms with E-state index in [1.807, 2.05) is 0 Å². The van der Waals surface area contributed by atoms with Gasteiger partial charge >= 0.3 is 0 Å². The Morgan fingerprint density at radius 3 is 2.47 bits per heavy atom. The molecular formula is C16H16N10O4S2. The SMILES string of the molecule is Nc1nc2nccc(-c3ccc(S(=O)(=O)C4CNC4)c(S(N)(=O)=O)c3-c3nnn[nH]3)c2[nH]1. The van der Waals surface area contributed by atoms with Gasteiger partial charge in [-0.2, -0.15) is 4.98 Å². The van der Waals surface area contributed by atoms with Gasteiger partial charge in [-0.3, -0.25) is 0 Å². The topological polar surface area (TPSA) is 228 Å². The average Bonchev–Trinajstić information content (AvgIpc) is 3.32. The molecule has 0 amide bonds. The first-order valence-corrected chi connectivity index (χ1v) is 12.3. The Labute approximate surface area is 180 Å². The lowest BCUT2D eigenvalue weighted by Crippen LogP contribution is -2.51. The molecule has 0 unspecified atom stereocenters. The van der Waals surface area contributed by atoms with E-state index < -0.39 is 34.9 Å². The number of nitrogen functional groups attached to an aromatic ring is 1. The van der Waals surface area contributed by atoms with E-state index in [2.05, 4.69) is 40.9 Å². The Morgan fingerprint density at radius 2 is 1.84 bits per heavy atom. The second kappa shape index (κ2) is 7.02. The summed E-state index contributed by atoms with van der Waals surface area (Å²) >= 11 is 0. The number of primary sulfonamides is 1. The first kappa shape index (κ1) is 20.4. The molecule has 5 rings (SSSR count). The fourth-order valence-corrected chi connectivity index (χ4v) is 6.80. The van der Waals surface area contributed by atoms with Crippen molar-refractivity contribution in [3.05, 3.63) is 24.4 Å². The average molecular weight is 477 g/mol. The molecule has 1 fully saturated rings. The number of nitrogens with zero attached hydrogens (tertiary/aromatic N) is 5. The van der Waals surface area contributed by atoms with E-state index in [1.54, 1.807) is 6.07 Å². The third-order valence-electron chi connectivity index (χ3n) is 5.18. The van der Waals surface area contributed by atoms with Crippen molar-refractivity contribution in [3.8, 4) is 22.5 Å². The van der Waals surface area contributed by atoms with Crippen LogP contribution in [0.4, 0.5) is 5.95 Å². The predicted molar refractivity (Wildman–Crippen MR) is 112 cm³/mol. The maximum absolute atomic E-state index is 13.2. The van der Waals surface area contributed by atoms with Crippen molar-refractivity contribution in [2.45, 2.75) is 15.0 Å². The number of benzene rings is 1. The van der Waals surface area contributed by atoms with Crippen molar-refractivity contribution in [1.29, 1.82) is 0 Å². The molecule has 0 spiro atoms. The number of tetrazole rings is 1. The minimum Gasteiger partial charge on any atom is -0.369 e. The largest absolute Gasteiger partial charge is 0.369 e. The van der Waals surface area contributed by atoms with Crippen LogP contribution in [0.1, 0.15) is 0 Å². The van der Waals surface area contributed by atoms with Gasteiger partial charge in [-0.25, -0.2) is 32.1 Å². The predicted octanol–water partition coefficient (Wildman–Crippen LogP) is -1.22. The fourth-order valence-electron chi connectivity index (χ4n) is 3.61. The Balaban J connectivity index is 1.91. The molecule has 4 heterocycles. The molecule has 166 valence electrons. The third kappa shape index (κ3) is 3.11. The van der Waals surface area contributed by atoms with E-state index in [1.165, 1.54) is 18.3 Å². The monoisotopic (exact) mass is 476 g/mol. The smallest absolute Gasteiger partial charge is 0.240 e. The van der Waals surface area contributed by atoms with E-state index in [4.69, 9.17) is 10.9 Å². The number of H-pyrrole nitrogens is 2. The van der Waals surface area contributed by atoms with Crippen molar-refractivity contribution in [1.82, 2.24) is 40.9 Å². The summed E-state index contributed by atoms with van der Waals surface area (Å²) < 4.78 is 51.9. The summed E-state index contributed by atoms with van der Waals surface area (Å²) in [5.41, 5.74) is 7.11. The van der Waals surface area contributed by atoms with Crippen LogP contribution in [0, 0.1) is 0 Å². The van der Waals surface area contributed by atoms with Crippen LogP contribution in [0.3, 0.4) is 0 Å². The second-order valence-electron chi connectivity index (χ2n) is 7.11. The number of pyridine rings is 1. The molecule has 32 heavy (non-hydrogen) atoms. The minimum absolute atomic E-state index is 0.0785. The molecular weight excluding hydrogens is 460 g/mol. The molecule has 0 bridgehead atoms. The van der Waals surface area contributed by atoms with Gasteiger partial charge in [0.1, 0.15) is 4.90 Å². The Morgan fingerprint density at radius 1 is 1.06 bits per heavy atom. The summed E-state index contributed by atoms with van der Waals surface area (Å²) in [6.07, 6.45) is 1.46. The molecule has 1 aliphatic heterocycles. The number of hydrogen-bond acceptors (Lipinski definition) is 11. The highest BCUT2D eigenvalue weighted by Gasteiger charge is 2.38. The highest BCUT2D eigenvalue weighted by molar-refractivity contribution is 7.94. The number of sulfonamides is 1. The second-order valence-corrected chi connectivity index (χ2v) is 10.8. The van der Waals surface area contributed by atoms with Crippen LogP contribution < -0.4 is 16.2 Å². The normalized spacial score (nSPS) is 15.2. The fraction of sp³-hybridized carbons (Fsp3) is 0.188. The van der Waals surface area contributed by atoms with E-state index in [9.17, 15) is 16.8 Å². The van der Waals surface area contributed by atoms with Gasteiger partial charge in [0.25, 0.3) is 0 Å². The lowest BCUT2D eigenvalue weighted by molar-refractivity contribution is 0.493. The van der Waals surface area contributed by atoms with Crippen molar-refractivity contribution < 1.29 is 16.8 Å². The molecule has 1 saturated heterocycles. The van der Waals surface area contributed by atoms with E-state index in [-0.39, 0.29) is 41.6 Å². The number of anilines is 1. The number of hydrogen-bond donors (Lipinski definition) is 5. The van der Waals surface area contributed by atoms with Crippen LogP contribution in [-0.4, -0.2) is 70.8 Å². The Hall–Kier alpha value is -3.47. The van der Waals surface area contributed by atoms with Crippen LogP contribution in [0.5, 0.6) is 0 Å². The highest BCUT2D eigenvalue weighted by atomic mass is 32.2. The number of nitrogens with one attached hydrogen (secondary N) is 3. The number of aromatic amines is 2. The van der Waals surface area contributed by atoms with Gasteiger partial charge in [-0.1, -0.05) is 6.07 Å². The summed E-state index contributed by atoms with van der Waals surface area (Å²) in [6.45, 7) is 0.400. The van der Waals surface area contributed by atoms with Gasteiger partial charge in [0, 0.05) is 30.4 Å². The third-order valence-corrected chi connectivity index (χ3v) is 8.46. The molecule has 0 saturated carbocycles. The van der Waals surface area contributed by atoms with Gasteiger partial charge in [-0.05, 0) is 28.1 Å². The van der Waals surface area contributed by atoms with Gasteiger partial charge < -0.3 is 16.0 Å². The van der Waals surface area contributed by atoms with Crippen molar-refractivity contribution >= 4 is 37.0 Å². The first-order chi connectivity index (χ1) is 15.2. The Bertz CT molecular complexity index is 1560. The number of sulfone groups is 1. The Kier molecular flexibility index (Phi) is 4.48. The van der Waals surface area contributed by atoms with Gasteiger partial charge in [-0.15, -0.1) is 5.10 Å².